The number of carbonyl (C=O) groups is 1. The normalized spacial score (nSPS) is 10.3. The molecule has 0 aromatic carbocycles. The summed E-state index contributed by atoms with van der Waals surface area (Å²) in [4.78, 5) is 19.2. The molecule has 0 bridgehead atoms. The molecule has 100 valence electrons. The number of aryl methyl sites for hydroxylation is 1. The standard InChI is InChI=1S/C12H15N5O2/c1-8-9(7-15-17(8)2)6-14-10-4-5-13-11(16-10)12(18)19-3/h4-5,7H,6H2,1-3H3,(H,13,14,16). The predicted octanol–water partition coefficient (Wildman–Crippen LogP) is 0.917. The average Bonchev–Trinajstić information content (AvgIpc) is 2.76. The second kappa shape index (κ2) is 5.47. The summed E-state index contributed by atoms with van der Waals surface area (Å²) in [5.41, 5.74) is 2.15. The SMILES string of the molecule is COC(=O)c1nccc(NCc2cnn(C)c2C)n1. The maximum Gasteiger partial charge on any atom is 0.376 e. The molecule has 1 N–H and O–H groups in total. The van der Waals surface area contributed by atoms with Gasteiger partial charge in [-0.2, -0.15) is 5.10 Å². The van der Waals surface area contributed by atoms with Crippen molar-refractivity contribution < 1.29 is 9.53 Å². The van der Waals surface area contributed by atoms with Crippen LogP contribution in [0.25, 0.3) is 0 Å². The molecule has 0 amide bonds. The molecule has 2 heterocycles. The second-order valence-corrected chi connectivity index (χ2v) is 3.99. The second-order valence-electron chi connectivity index (χ2n) is 3.99. The van der Waals surface area contributed by atoms with Crippen molar-refractivity contribution in [2.24, 2.45) is 7.05 Å². The van der Waals surface area contributed by atoms with Gasteiger partial charge in [-0.15, -0.1) is 0 Å². The van der Waals surface area contributed by atoms with Gasteiger partial charge in [-0.25, -0.2) is 14.8 Å². The van der Waals surface area contributed by atoms with Crippen LogP contribution in [0.4, 0.5) is 5.82 Å². The molecule has 7 nitrogen and oxygen atoms in total. The van der Waals surface area contributed by atoms with Crippen LogP contribution >= 0.6 is 0 Å². The van der Waals surface area contributed by atoms with Gasteiger partial charge in [0.2, 0.25) is 5.82 Å². The highest BCUT2D eigenvalue weighted by atomic mass is 16.5. The average molecular weight is 261 g/mol. The molecule has 0 saturated carbocycles. The summed E-state index contributed by atoms with van der Waals surface area (Å²) < 4.78 is 6.37. The van der Waals surface area contributed by atoms with Crippen molar-refractivity contribution >= 4 is 11.8 Å². The molecule has 19 heavy (non-hydrogen) atoms. The van der Waals surface area contributed by atoms with Crippen molar-refractivity contribution in [2.45, 2.75) is 13.5 Å². The smallest absolute Gasteiger partial charge is 0.376 e. The molecular weight excluding hydrogens is 246 g/mol. The predicted molar refractivity (Wildman–Crippen MR) is 68.6 cm³/mol. The molecule has 0 aliphatic heterocycles. The van der Waals surface area contributed by atoms with Crippen LogP contribution in [0, 0.1) is 6.92 Å². The highest BCUT2D eigenvalue weighted by Crippen LogP contribution is 2.09. The first-order chi connectivity index (χ1) is 9.11. The zero-order chi connectivity index (χ0) is 13.8. The summed E-state index contributed by atoms with van der Waals surface area (Å²) in [5, 5.41) is 7.28. The minimum atomic E-state index is -0.554. The van der Waals surface area contributed by atoms with E-state index in [1.165, 1.54) is 13.3 Å². The number of carbonyl (C=O) groups excluding carboxylic acids is 1. The largest absolute Gasteiger partial charge is 0.463 e. The Labute approximate surface area is 110 Å². The number of nitrogens with one attached hydrogen (secondary N) is 1. The molecule has 0 atom stereocenters. The van der Waals surface area contributed by atoms with Gasteiger partial charge in [0, 0.05) is 31.0 Å². The monoisotopic (exact) mass is 261 g/mol. The number of methoxy groups -OCH3 is 1. The van der Waals surface area contributed by atoms with E-state index in [4.69, 9.17) is 0 Å². The van der Waals surface area contributed by atoms with E-state index < -0.39 is 5.97 Å². The van der Waals surface area contributed by atoms with Gasteiger partial charge in [0.1, 0.15) is 5.82 Å². The van der Waals surface area contributed by atoms with Crippen LogP contribution in [-0.2, 0) is 18.3 Å². The van der Waals surface area contributed by atoms with E-state index in [0.717, 1.165) is 11.3 Å². The Morgan fingerprint density at radius 2 is 2.32 bits per heavy atom. The third-order valence-corrected chi connectivity index (χ3v) is 2.82. The number of aromatic nitrogens is 4. The van der Waals surface area contributed by atoms with Crippen LogP contribution in [0.3, 0.4) is 0 Å². The zero-order valence-corrected chi connectivity index (χ0v) is 11.0. The maximum atomic E-state index is 11.3. The van der Waals surface area contributed by atoms with Gasteiger partial charge in [0.25, 0.3) is 0 Å². The fourth-order valence-corrected chi connectivity index (χ4v) is 1.55. The van der Waals surface area contributed by atoms with Gasteiger partial charge in [-0.05, 0) is 13.0 Å². The summed E-state index contributed by atoms with van der Waals surface area (Å²) in [6, 6.07) is 1.69. The Balaban J connectivity index is 2.07. The van der Waals surface area contributed by atoms with Crippen LogP contribution in [0.2, 0.25) is 0 Å². The Hall–Kier alpha value is -2.44. The number of hydrogen-bond donors (Lipinski definition) is 1. The van der Waals surface area contributed by atoms with Gasteiger partial charge >= 0.3 is 5.97 Å². The van der Waals surface area contributed by atoms with Crippen molar-refractivity contribution in [3.8, 4) is 0 Å². The van der Waals surface area contributed by atoms with E-state index in [0.29, 0.717) is 12.4 Å². The number of anilines is 1. The number of hydrogen-bond acceptors (Lipinski definition) is 6. The first kappa shape index (κ1) is 13.0. The fourth-order valence-electron chi connectivity index (χ4n) is 1.55. The van der Waals surface area contributed by atoms with Crippen molar-refractivity contribution in [1.29, 1.82) is 0 Å². The summed E-state index contributed by atoms with van der Waals surface area (Å²) in [5.74, 6) is 0.0512. The van der Waals surface area contributed by atoms with Crippen molar-refractivity contribution in [3.63, 3.8) is 0 Å². The van der Waals surface area contributed by atoms with E-state index in [1.54, 1.807) is 16.9 Å². The minimum absolute atomic E-state index is 0.0374. The molecule has 0 spiro atoms. The molecule has 0 unspecified atom stereocenters. The minimum Gasteiger partial charge on any atom is -0.463 e. The molecule has 0 fully saturated rings. The molecule has 0 radical (unpaired) electrons. The molecule has 2 rings (SSSR count). The molecular formula is C12H15N5O2. The highest BCUT2D eigenvalue weighted by Gasteiger charge is 2.10. The Bertz CT molecular complexity index is 594. The topological polar surface area (TPSA) is 81.9 Å². The first-order valence-electron chi connectivity index (χ1n) is 5.74. The van der Waals surface area contributed by atoms with E-state index in [2.05, 4.69) is 25.1 Å². The van der Waals surface area contributed by atoms with Gasteiger partial charge in [-0.3, -0.25) is 4.68 Å². The number of esters is 1. The third kappa shape index (κ3) is 2.87. The first-order valence-corrected chi connectivity index (χ1v) is 5.74. The van der Waals surface area contributed by atoms with E-state index >= 15 is 0 Å². The van der Waals surface area contributed by atoms with Crippen LogP contribution in [0.15, 0.2) is 18.5 Å². The van der Waals surface area contributed by atoms with Crippen molar-refractivity contribution in [1.82, 2.24) is 19.7 Å². The van der Waals surface area contributed by atoms with Gasteiger partial charge in [0.05, 0.1) is 13.3 Å². The maximum absolute atomic E-state index is 11.3. The quantitative estimate of drug-likeness (QED) is 0.824. The zero-order valence-electron chi connectivity index (χ0n) is 11.0. The van der Waals surface area contributed by atoms with Crippen molar-refractivity contribution in [3.05, 3.63) is 35.5 Å². The number of ether oxygens (including phenoxy) is 1. The lowest BCUT2D eigenvalue weighted by molar-refractivity contribution is 0.0587. The lowest BCUT2D eigenvalue weighted by Crippen LogP contribution is -2.10. The molecule has 0 aliphatic rings. The molecule has 7 heteroatoms. The lowest BCUT2D eigenvalue weighted by atomic mass is 10.2. The highest BCUT2D eigenvalue weighted by molar-refractivity contribution is 5.85. The molecule has 0 aliphatic carbocycles. The van der Waals surface area contributed by atoms with Crippen LogP contribution < -0.4 is 5.32 Å². The molecule has 2 aromatic rings. The van der Waals surface area contributed by atoms with Gasteiger partial charge in [0.15, 0.2) is 0 Å². The van der Waals surface area contributed by atoms with E-state index in [9.17, 15) is 4.79 Å². The van der Waals surface area contributed by atoms with Crippen LogP contribution in [-0.4, -0.2) is 32.8 Å². The van der Waals surface area contributed by atoms with Crippen LogP contribution in [0.1, 0.15) is 21.9 Å². The summed E-state index contributed by atoms with van der Waals surface area (Å²) in [7, 11) is 3.18. The summed E-state index contributed by atoms with van der Waals surface area (Å²) in [6.07, 6.45) is 3.31. The third-order valence-electron chi connectivity index (χ3n) is 2.82. The Morgan fingerprint density at radius 3 is 2.95 bits per heavy atom. The Kier molecular flexibility index (Phi) is 3.74. The van der Waals surface area contributed by atoms with E-state index in [-0.39, 0.29) is 5.82 Å². The lowest BCUT2D eigenvalue weighted by Gasteiger charge is -2.06. The van der Waals surface area contributed by atoms with E-state index in [1.807, 2.05) is 14.0 Å². The van der Waals surface area contributed by atoms with Gasteiger partial charge < -0.3 is 10.1 Å². The number of rotatable bonds is 4. The number of nitrogens with zero attached hydrogens (tertiary/aromatic N) is 4. The van der Waals surface area contributed by atoms with Gasteiger partial charge in [-0.1, -0.05) is 0 Å². The fraction of sp³-hybridized carbons (Fsp3) is 0.333. The summed E-state index contributed by atoms with van der Waals surface area (Å²) >= 11 is 0. The molecule has 0 saturated heterocycles. The van der Waals surface area contributed by atoms with Crippen molar-refractivity contribution in [2.75, 3.05) is 12.4 Å². The Morgan fingerprint density at radius 1 is 1.53 bits per heavy atom. The molecule has 2 aromatic heterocycles. The summed E-state index contributed by atoms with van der Waals surface area (Å²) in [6.45, 7) is 2.57. The van der Waals surface area contributed by atoms with Crippen LogP contribution in [0.5, 0.6) is 0 Å².